The van der Waals surface area contributed by atoms with E-state index in [9.17, 15) is 5.11 Å². The van der Waals surface area contributed by atoms with Gasteiger partial charge in [0.1, 0.15) is 0 Å². The summed E-state index contributed by atoms with van der Waals surface area (Å²) in [7, 11) is 0. The minimum atomic E-state index is -0.141. The summed E-state index contributed by atoms with van der Waals surface area (Å²) in [5.74, 6) is 2.00. The molecule has 0 amide bonds. The first-order valence-electron chi connectivity index (χ1n) is 5.75. The van der Waals surface area contributed by atoms with Gasteiger partial charge in [-0.3, -0.25) is 0 Å². The second-order valence-electron chi connectivity index (χ2n) is 4.40. The number of hydrogen-bond acceptors (Lipinski definition) is 4. The molecule has 1 heterocycles. The van der Waals surface area contributed by atoms with Gasteiger partial charge >= 0.3 is 0 Å². The summed E-state index contributed by atoms with van der Waals surface area (Å²) < 4.78 is 5.56. The molecule has 3 nitrogen and oxygen atoms in total. The van der Waals surface area contributed by atoms with Crippen LogP contribution in [0.2, 0.25) is 0 Å². The molecule has 0 radical (unpaired) electrons. The Bertz CT molecular complexity index is 174. The van der Waals surface area contributed by atoms with Crippen molar-refractivity contribution < 1.29 is 9.84 Å². The molecular formula is C11H23NO2S. The molecule has 2 unspecified atom stereocenters. The Kier molecular flexibility index (Phi) is 5.97. The fraction of sp³-hybridized carbons (Fsp3) is 1.00. The molecule has 1 fully saturated rings. The molecule has 0 spiro atoms. The lowest BCUT2D eigenvalue weighted by Crippen LogP contribution is -2.48. The number of aliphatic hydroxyl groups excluding tert-OH is 1. The van der Waals surface area contributed by atoms with E-state index < -0.39 is 0 Å². The van der Waals surface area contributed by atoms with Crippen LogP contribution in [0.5, 0.6) is 0 Å². The Morgan fingerprint density at radius 1 is 1.60 bits per heavy atom. The molecule has 0 bridgehead atoms. The van der Waals surface area contributed by atoms with E-state index in [2.05, 4.69) is 19.2 Å². The van der Waals surface area contributed by atoms with E-state index in [0.717, 1.165) is 24.7 Å². The van der Waals surface area contributed by atoms with Crippen molar-refractivity contribution in [3.05, 3.63) is 0 Å². The quantitative estimate of drug-likeness (QED) is 0.694. The van der Waals surface area contributed by atoms with Gasteiger partial charge in [0.2, 0.25) is 0 Å². The van der Waals surface area contributed by atoms with Crippen LogP contribution in [0.3, 0.4) is 0 Å². The predicted molar refractivity (Wildman–Crippen MR) is 65.5 cm³/mol. The highest BCUT2D eigenvalue weighted by Crippen LogP contribution is 2.20. The largest absolute Gasteiger partial charge is 0.394 e. The smallest absolute Gasteiger partial charge is 0.0666 e. The first-order chi connectivity index (χ1) is 7.20. The van der Waals surface area contributed by atoms with Crippen molar-refractivity contribution in [1.82, 2.24) is 5.32 Å². The highest BCUT2D eigenvalue weighted by Gasteiger charge is 2.23. The lowest BCUT2D eigenvalue weighted by molar-refractivity contribution is 0.128. The number of ether oxygens (including phenoxy) is 1. The Labute approximate surface area is 97.0 Å². The van der Waals surface area contributed by atoms with Crippen LogP contribution in [0.25, 0.3) is 0 Å². The van der Waals surface area contributed by atoms with Crippen LogP contribution in [0.1, 0.15) is 26.7 Å². The average molecular weight is 233 g/mol. The summed E-state index contributed by atoms with van der Waals surface area (Å²) in [6, 6.07) is 0. The number of hydrogen-bond donors (Lipinski definition) is 2. The topological polar surface area (TPSA) is 41.5 Å². The molecule has 1 aliphatic rings. The Morgan fingerprint density at radius 2 is 2.40 bits per heavy atom. The van der Waals surface area contributed by atoms with E-state index in [1.165, 1.54) is 12.8 Å². The van der Waals surface area contributed by atoms with Crippen LogP contribution < -0.4 is 5.32 Å². The maximum absolute atomic E-state index is 9.30. The molecule has 2 N–H and O–H groups in total. The number of thioether (sulfide) groups is 1. The van der Waals surface area contributed by atoms with Gasteiger partial charge in [-0.2, -0.15) is 11.8 Å². The number of likely N-dealkylation sites (N-methyl/N-ethyl adjacent to an activating group) is 1. The zero-order valence-corrected chi connectivity index (χ0v) is 10.6. The van der Waals surface area contributed by atoms with E-state index >= 15 is 0 Å². The highest BCUT2D eigenvalue weighted by molar-refractivity contribution is 7.99. The van der Waals surface area contributed by atoms with E-state index in [1.807, 2.05) is 11.8 Å². The van der Waals surface area contributed by atoms with Gasteiger partial charge in [0.25, 0.3) is 0 Å². The highest BCUT2D eigenvalue weighted by atomic mass is 32.2. The molecule has 1 rings (SSSR count). The van der Waals surface area contributed by atoms with Gasteiger partial charge in [-0.05, 0) is 26.3 Å². The van der Waals surface area contributed by atoms with Gasteiger partial charge in [0.05, 0.1) is 12.7 Å². The van der Waals surface area contributed by atoms with Crippen molar-refractivity contribution in [3.63, 3.8) is 0 Å². The number of aliphatic hydroxyl groups is 1. The summed E-state index contributed by atoms with van der Waals surface area (Å²) in [5, 5.41) is 12.6. The summed E-state index contributed by atoms with van der Waals surface area (Å²) in [6.45, 7) is 6.16. The third-order valence-electron chi connectivity index (χ3n) is 2.70. The fourth-order valence-corrected chi connectivity index (χ4v) is 3.06. The summed E-state index contributed by atoms with van der Waals surface area (Å²) in [5.41, 5.74) is -0.141. The normalized spacial score (nSPS) is 25.4. The van der Waals surface area contributed by atoms with E-state index in [0.29, 0.717) is 6.10 Å². The van der Waals surface area contributed by atoms with Gasteiger partial charge in [-0.15, -0.1) is 0 Å². The van der Waals surface area contributed by atoms with Gasteiger partial charge in [-0.1, -0.05) is 6.92 Å². The Hall–Kier alpha value is 0.230. The van der Waals surface area contributed by atoms with Crippen LogP contribution in [-0.2, 0) is 4.74 Å². The van der Waals surface area contributed by atoms with E-state index in [-0.39, 0.29) is 12.1 Å². The molecular weight excluding hydrogens is 210 g/mol. The van der Waals surface area contributed by atoms with Gasteiger partial charge in [0, 0.05) is 23.7 Å². The zero-order valence-electron chi connectivity index (χ0n) is 9.79. The van der Waals surface area contributed by atoms with Crippen molar-refractivity contribution in [1.29, 1.82) is 0 Å². The van der Waals surface area contributed by atoms with Crippen LogP contribution >= 0.6 is 11.8 Å². The maximum Gasteiger partial charge on any atom is 0.0666 e. The second-order valence-corrected chi connectivity index (χ2v) is 5.43. The Balaban J connectivity index is 2.15. The maximum atomic E-state index is 9.30. The lowest BCUT2D eigenvalue weighted by Gasteiger charge is -2.28. The molecule has 0 aromatic carbocycles. The van der Waals surface area contributed by atoms with Crippen LogP contribution in [0, 0.1) is 0 Å². The first kappa shape index (κ1) is 13.3. The second kappa shape index (κ2) is 6.74. The van der Waals surface area contributed by atoms with Crippen molar-refractivity contribution >= 4 is 11.8 Å². The number of rotatable bonds is 7. The standard InChI is InChI=1S/C11H23NO2S/c1-3-12-11(2,8-13)9-15-7-10-5-4-6-14-10/h10,12-13H,3-9H2,1-2H3. The molecule has 4 heteroatoms. The molecule has 0 aromatic heterocycles. The molecule has 2 atom stereocenters. The Morgan fingerprint density at radius 3 is 2.93 bits per heavy atom. The van der Waals surface area contributed by atoms with Gasteiger partial charge in [0.15, 0.2) is 0 Å². The predicted octanol–water partition coefficient (Wildman–Crippen LogP) is 1.26. The lowest BCUT2D eigenvalue weighted by atomic mass is 10.1. The third-order valence-corrected chi connectivity index (χ3v) is 4.15. The van der Waals surface area contributed by atoms with Crippen LogP contribution in [0.4, 0.5) is 0 Å². The van der Waals surface area contributed by atoms with Crippen molar-refractivity contribution in [3.8, 4) is 0 Å². The van der Waals surface area contributed by atoms with Gasteiger partial charge in [-0.25, -0.2) is 0 Å². The molecule has 1 saturated heterocycles. The minimum absolute atomic E-state index is 0.141. The summed E-state index contributed by atoms with van der Waals surface area (Å²) in [6.07, 6.45) is 2.85. The van der Waals surface area contributed by atoms with E-state index in [1.54, 1.807) is 0 Å². The molecule has 15 heavy (non-hydrogen) atoms. The fourth-order valence-electron chi connectivity index (χ4n) is 1.77. The van der Waals surface area contributed by atoms with Crippen LogP contribution in [-0.4, -0.2) is 48.0 Å². The first-order valence-corrected chi connectivity index (χ1v) is 6.91. The monoisotopic (exact) mass is 233 g/mol. The average Bonchev–Trinajstić information content (AvgIpc) is 2.71. The molecule has 0 aromatic rings. The molecule has 0 aliphatic carbocycles. The van der Waals surface area contributed by atoms with Gasteiger partial charge < -0.3 is 15.2 Å². The minimum Gasteiger partial charge on any atom is -0.394 e. The zero-order chi connectivity index (χ0) is 11.1. The van der Waals surface area contributed by atoms with Crippen molar-refractivity contribution in [2.24, 2.45) is 0 Å². The van der Waals surface area contributed by atoms with Crippen molar-refractivity contribution in [2.45, 2.75) is 38.3 Å². The van der Waals surface area contributed by atoms with E-state index in [4.69, 9.17) is 4.74 Å². The third kappa shape index (κ3) is 4.72. The number of nitrogens with one attached hydrogen (secondary N) is 1. The molecule has 90 valence electrons. The molecule has 1 aliphatic heterocycles. The van der Waals surface area contributed by atoms with Crippen LogP contribution in [0.15, 0.2) is 0 Å². The molecule has 0 saturated carbocycles. The van der Waals surface area contributed by atoms with Crippen molar-refractivity contribution in [2.75, 3.05) is 31.3 Å². The summed E-state index contributed by atoms with van der Waals surface area (Å²) >= 11 is 1.87. The SMILES string of the molecule is CCNC(C)(CO)CSCC1CCCO1. The summed E-state index contributed by atoms with van der Waals surface area (Å²) in [4.78, 5) is 0.